The van der Waals surface area contributed by atoms with E-state index in [-0.39, 0.29) is 11.9 Å². The summed E-state index contributed by atoms with van der Waals surface area (Å²) >= 11 is 0. The van der Waals surface area contributed by atoms with E-state index in [9.17, 15) is 4.39 Å². The van der Waals surface area contributed by atoms with Gasteiger partial charge in [0.2, 0.25) is 0 Å². The van der Waals surface area contributed by atoms with Crippen LogP contribution < -0.4 is 5.73 Å². The molecule has 2 N–H and O–H groups in total. The van der Waals surface area contributed by atoms with Crippen LogP contribution >= 0.6 is 0 Å². The highest BCUT2D eigenvalue weighted by molar-refractivity contribution is 5.16. The van der Waals surface area contributed by atoms with Crippen molar-refractivity contribution in [3.8, 4) is 0 Å². The molecule has 3 atom stereocenters. The van der Waals surface area contributed by atoms with Gasteiger partial charge in [-0.05, 0) is 29.9 Å². The van der Waals surface area contributed by atoms with Gasteiger partial charge in [0, 0.05) is 12.2 Å². The first-order valence-electron chi connectivity index (χ1n) is 5.54. The van der Waals surface area contributed by atoms with Gasteiger partial charge in [-0.15, -0.1) is 0 Å². The average Bonchev–Trinajstić information content (AvgIpc) is 2.63. The second kappa shape index (κ2) is 4.27. The lowest BCUT2D eigenvalue weighted by molar-refractivity contribution is 0.350. The van der Waals surface area contributed by atoms with Crippen molar-refractivity contribution < 1.29 is 4.39 Å². The lowest BCUT2D eigenvalue weighted by Gasteiger charge is -2.23. The predicted molar refractivity (Wildman–Crippen MR) is 57.6 cm³/mol. The van der Waals surface area contributed by atoms with Crippen LogP contribution in [-0.2, 0) is 0 Å². The molecule has 2 rings (SSSR count). The van der Waals surface area contributed by atoms with Crippen LogP contribution in [0.3, 0.4) is 0 Å². The number of pyridine rings is 1. The van der Waals surface area contributed by atoms with Gasteiger partial charge in [-0.1, -0.05) is 19.8 Å². The van der Waals surface area contributed by atoms with Crippen LogP contribution in [-0.4, -0.2) is 4.98 Å². The van der Waals surface area contributed by atoms with Crippen molar-refractivity contribution in [2.75, 3.05) is 0 Å². The number of hydrogen-bond donors (Lipinski definition) is 1. The van der Waals surface area contributed by atoms with Gasteiger partial charge in [0.15, 0.2) is 0 Å². The molecule has 15 heavy (non-hydrogen) atoms. The van der Waals surface area contributed by atoms with Gasteiger partial charge < -0.3 is 5.73 Å². The monoisotopic (exact) mass is 208 g/mol. The molecule has 1 aliphatic rings. The van der Waals surface area contributed by atoms with Crippen LogP contribution in [0.15, 0.2) is 18.5 Å². The molecule has 82 valence electrons. The molecule has 0 amide bonds. The maximum Gasteiger partial charge on any atom is 0.141 e. The summed E-state index contributed by atoms with van der Waals surface area (Å²) in [7, 11) is 0. The van der Waals surface area contributed by atoms with E-state index in [1.807, 2.05) is 0 Å². The molecule has 0 saturated heterocycles. The lowest BCUT2D eigenvalue weighted by atomic mass is 9.87. The first kappa shape index (κ1) is 10.6. The van der Waals surface area contributed by atoms with Crippen molar-refractivity contribution in [3.05, 3.63) is 29.8 Å². The van der Waals surface area contributed by atoms with Gasteiger partial charge in [-0.3, -0.25) is 4.98 Å². The zero-order valence-corrected chi connectivity index (χ0v) is 8.99. The quantitative estimate of drug-likeness (QED) is 0.811. The van der Waals surface area contributed by atoms with E-state index in [1.54, 1.807) is 6.20 Å². The molecule has 3 heteroatoms. The van der Waals surface area contributed by atoms with Crippen molar-refractivity contribution in [3.63, 3.8) is 0 Å². The number of hydrogen-bond acceptors (Lipinski definition) is 2. The third-order valence-electron chi connectivity index (χ3n) is 3.50. The molecule has 1 heterocycles. The van der Waals surface area contributed by atoms with Gasteiger partial charge in [0.25, 0.3) is 0 Å². The van der Waals surface area contributed by atoms with Gasteiger partial charge in [-0.2, -0.15) is 0 Å². The van der Waals surface area contributed by atoms with Gasteiger partial charge >= 0.3 is 0 Å². The van der Waals surface area contributed by atoms with E-state index in [0.717, 1.165) is 12.0 Å². The molecule has 1 fully saturated rings. The van der Waals surface area contributed by atoms with Crippen molar-refractivity contribution in [2.45, 2.75) is 32.2 Å². The van der Waals surface area contributed by atoms with Crippen LogP contribution in [0.2, 0.25) is 0 Å². The van der Waals surface area contributed by atoms with E-state index in [0.29, 0.717) is 11.8 Å². The fourth-order valence-electron chi connectivity index (χ4n) is 2.57. The Hall–Kier alpha value is -0.960. The van der Waals surface area contributed by atoms with Crippen LogP contribution in [0.1, 0.15) is 37.8 Å². The summed E-state index contributed by atoms with van der Waals surface area (Å²) in [6.45, 7) is 2.23. The average molecular weight is 208 g/mol. The highest BCUT2D eigenvalue weighted by Gasteiger charge is 2.29. The zero-order valence-electron chi connectivity index (χ0n) is 8.99. The third-order valence-corrected chi connectivity index (χ3v) is 3.50. The van der Waals surface area contributed by atoms with Crippen molar-refractivity contribution in [1.29, 1.82) is 0 Å². The molecule has 3 unspecified atom stereocenters. The molecule has 0 radical (unpaired) electrons. The highest BCUT2D eigenvalue weighted by Crippen LogP contribution is 2.38. The Morgan fingerprint density at radius 2 is 2.27 bits per heavy atom. The Kier molecular flexibility index (Phi) is 3.00. The first-order valence-corrected chi connectivity index (χ1v) is 5.54. The molecule has 1 aliphatic carbocycles. The predicted octanol–water partition coefficient (Wildman–Crippen LogP) is 2.66. The number of halogens is 1. The van der Waals surface area contributed by atoms with E-state index < -0.39 is 0 Å². The normalized spacial score (nSPS) is 27.9. The van der Waals surface area contributed by atoms with Gasteiger partial charge in [-0.25, -0.2) is 4.39 Å². The van der Waals surface area contributed by atoms with E-state index in [4.69, 9.17) is 5.73 Å². The molecule has 0 aromatic carbocycles. The lowest BCUT2D eigenvalue weighted by Crippen LogP contribution is -2.23. The van der Waals surface area contributed by atoms with Crippen molar-refractivity contribution in [2.24, 2.45) is 17.6 Å². The molecule has 1 aromatic rings. The molecule has 0 aliphatic heterocycles. The standard InChI is InChI=1S/C12H17FN2/c1-8-3-2-4-11(8)12(14)9-5-10(13)7-15-6-9/h5-8,11-12H,2-4,14H2,1H3. The maximum absolute atomic E-state index is 13.0. The van der Waals surface area contributed by atoms with Gasteiger partial charge in [0.05, 0.1) is 6.20 Å². The molecule has 0 spiro atoms. The van der Waals surface area contributed by atoms with Gasteiger partial charge in [0.1, 0.15) is 5.82 Å². The summed E-state index contributed by atoms with van der Waals surface area (Å²) in [4.78, 5) is 3.85. The number of nitrogens with zero attached hydrogens (tertiary/aromatic N) is 1. The molecule has 1 aromatic heterocycles. The van der Waals surface area contributed by atoms with Crippen molar-refractivity contribution in [1.82, 2.24) is 4.98 Å². The Balaban J connectivity index is 2.16. The second-order valence-electron chi connectivity index (χ2n) is 4.53. The van der Waals surface area contributed by atoms with Crippen LogP contribution in [0.25, 0.3) is 0 Å². The summed E-state index contributed by atoms with van der Waals surface area (Å²) in [5.41, 5.74) is 6.98. The van der Waals surface area contributed by atoms with Crippen LogP contribution in [0.5, 0.6) is 0 Å². The van der Waals surface area contributed by atoms with Crippen molar-refractivity contribution >= 4 is 0 Å². The minimum Gasteiger partial charge on any atom is -0.324 e. The molecular formula is C12H17FN2. The second-order valence-corrected chi connectivity index (χ2v) is 4.53. The summed E-state index contributed by atoms with van der Waals surface area (Å²) in [5.74, 6) is 0.825. The summed E-state index contributed by atoms with van der Waals surface area (Å²) in [5, 5.41) is 0. The van der Waals surface area contributed by atoms with Crippen LogP contribution in [0.4, 0.5) is 4.39 Å². The summed E-state index contributed by atoms with van der Waals surface area (Å²) in [6, 6.07) is 1.44. The summed E-state index contributed by atoms with van der Waals surface area (Å²) in [6.07, 6.45) is 6.52. The number of aromatic nitrogens is 1. The van der Waals surface area contributed by atoms with E-state index >= 15 is 0 Å². The topological polar surface area (TPSA) is 38.9 Å². The third kappa shape index (κ3) is 2.17. The maximum atomic E-state index is 13.0. The Morgan fingerprint density at radius 3 is 2.87 bits per heavy atom. The van der Waals surface area contributed by atoms with E-state index in [1.165, 1.54) is 25.1 Å². The fourth-order valence-corrected chi connectivity index (χ4v) is 2.57. The molecule has 0 bridgehead atoms. The smallest absolute Gasteiger partial charge is 0.141 e. The minimum atomic E-state index is -0.298. The van der Waals surface area contributed by atoms with E-state index in [2.05, 4.69) is 11.9 Å². The number of rotatable bonds is 2. The summed E-state index contributed by atoms with van der Waals surface area (Å²) < 4.78 is 13.0. The minimum absolute atomic E-state index is 0.0642. The Morgan fingerprint density at radius 1 is 1.47 bits per heavy atom. The van der Waals surface area contributed by atoms with Crippen LogP contribution in [0, 0.1) is 17.7 Å². The largest absolute Gasteiger partial charge is 0.324 e. The molecule has 1 saturated carbocycles. The fraction of sp³-hybridized carbons (Fsp3) is 0.583. The zero-order chi connectivity index (χ0) is 10.8. The highest BCUT2D eigenvalue weighted by atomic mass is 19.1. The molecular weight excluding hydrogens is 191 g/mol. The first-order chi connectivity index (χ1) is 7.18. The molecule has 2 nitrogen and oxygen atoms in total. The number of nitrogens with two attached hydrogens (primary N) is 1. The SMILES string of the molecule is CC1CCCC1C(N)c1cncc(F)c1. The Labute approximate surface area is 89.7 Å². The Bertz CT molecular complexity index is 340.